The normalized spacial score (nSPS) is 11.8. The lowest BCUT2D eigenvalue weighted by Crippen LogP contribution is -2.37. The SMILES string of the molecule is O=C(NCc1ccccc1Cn1cccn1)NC[C@H](O)c1ccc(F)cc1. The number of amides is 2. The van der Waals surface area contributed by atoms with Gasteiger partial charge in [0.15, 0.2) is 0 Å². The van der Waals surface area contributed by atoms with E-state index in [4.69, 9.17) is 0 Å². The monoisotopic (exact) mass is 368 g/mol. The van der Waals surface area contributed by atoms with Gasteiger partial charge in [-0.05, 0) is 34.9 Å². The topological polar surface area (TPSA) is 79.2 Å². The Labute approximate surface area is 156 Å². The second-order valence-electron chi connectivity index (χ2n) is 6.10. The van der Waals surface area contributed by atoms with Gasteiger partial charge in [0, 0.05) is 25.5 Å². The molecule has 7 heteroatoms. The van der Waals surface area contributed by atoms with Crippen LogP contribution in [0.25, 0.3) is 0 Å². The molecular formula is C20H21FN4O2. The third-order valence-corrected chi connectivity index (χ3v) is 4.16. The summed E-state index contributed by atoms with van der Waals surface area (Å²) in [6.07, 6.45) is 2.71. The molecule has 0 aliphatic carbocycles. The van der Waals surface area contributed by atoms with Crippen molar-refractivity contribution in [1.29, 1.82) is 0 Å². The lowest BCUT2D eigenvalue weighted by molar-refractivity contribution is 0.173. The van der Waals surface area contributed by atoms with Crippen LogP contribution in [-0.2, 0) is 13.1 Å². The third kappa shape index (κ3) is 5.39. The minimum atomic E-state index is -0.900. The zero-order valence-corrected chi connectivity index (χ0v) is 14.7. The van der Waals surface area contributed by atoms with Crippen LogP contribution >= 0.6 is 0 Å². The van der Waals surface area contributed by atoms with Crippen LogP contribution in [-0.4, -0.2) is 27.5 Å². The highest BCUT2D eigenvalue weighted by Crippen LogP contribution is 2.13. The van der Waals surface area contributed by atoms with Crippen molar-refractivity contribution in [3.63, 3.8) is 0 Å². The zero-order chi connectivity index (χ0) is 19.1. The first-order valence-corrected chi connectivity index (χ1v) is 8.61. The van der Waals surface area contributed by atoms with Crippen LogP contribution in [0.3, 0.4) is 0 Å². The Morgan fingerprint density at radius 1 is 1.07 bits per heavy atom. The molecule has 0 saturated carbocycles. The number of carbonyl (C=O) groups is 1. The van der Waals surface area contributed by atoms with Gasteiger partial charge < -0.3 is 15.7 Å². The number of benzene rings is 2. The Morgan fingerprint density at radius 2 is 1.81 bits per heavy atom. The van der Waals surface area contributed by atoms with Crippen LogP contribution in [0.1, 0.15) is 22.8 Å². The molecule has 3 aromatic rings. The van der Waals surface area contributed by atoms with E-state index < -0.39 is 6.10 Å². The van der Waals surface area contributed by atoms with Gasteiger partial charge in [0.1, 0.15) is 5.82 Å². The number of nitrogens with one attached hydrogen (secondary N) is 2. The van der Waals surface area contributed by atoms with Crippen LogP contribution in [0.2, 0.25) is 0 Å². The summed E-state index contributed by atoms with van der Waals surface area (Å²) in [6.45, 7) is 1.01. The quantitative estimate of drug-likeness (QED) is 0.600. The van der Waals surface area contributed by atoms with Gasteiger partial charge in [-0.2, -0.15) is 5.10 Å². The molecule has 6 nitrogen and oxygen atoms in total. The van der Waals surface area contributed by atoms with Crippen LogP contribution in [0, 0.1) is 5.82 Å². The van der Waals surface area contributed by atoms with Gasteiger partial charge in [0.05, 0.1) is 12.6 Å². The molecule has 140 valence electrons. The summed E-state index contributed by atoms with van der Waals surface area (Å²) in [7, 11) is 0. The van der Waals surface area contributed by atoms with Gasteiger partial charge in [-0.1, -0.05) is 36.4 Å². The van der Waals surface area contributed by atoms with Crippen LogP contribution in [0.4, 0.5) is 9.18 Å². The average Bonchev–Trinajstić information content (AvgIpc) is 3.19. The predicted octanol–water partition coefficient (Wildman–Crippen LogP) is 2.60. The van der Waals surface area contributed by atoms with Crippen molar-refractivity contribution >= 4 is 6.03 Å². The first kappa shape index (κ1) is 18.6. The highest BCUT2D eigenvalue weighted by molar-refractivity contribution is 5.73. The van der Waals surface area contributed by atoms with E-state index in [1.807, 2.05) is 41.2 Å². The van der Waals surface area contributed by atoms with Crippen molar-refractivity contribution < 1.29 is 14.3 Å². The molecule has 2 amide bonds. The van der Waals surface area contributed by atoms with Gasteiger partial charge in [-0.15, -0.1) is 0 Å². The van der Waals surface area contributed by atoms with Gasteiger partial charge in [-0.25, -0.2) is 9.18 Å². The number of hydrogen-bond acceptors (Lipinski definition) is 3. The molecule has 0 bridgehead atoms. The van der Waals surface area contributed by atoms with Crippen molar-refractivity contribution in [1.82, 2.24) is 20.4 Å². The summed E-state index contributed by atoms with van der Waals surface area (Å²) in [5.74, 6) is -0.370. The number of nitrogens with zero attached hydrogens (tertiary/aromatic N) is 2. The standard InChI is InChI=1S/C20H21FN4O2/c21-18-8-6-15(7-9-18)19(26)13-23-20(27)22-12-16-4-1-2-5-17(16)14-25-11-3-10-24-25/h1-11,19,26H,12-14H2,(H2,22,23,27)/t19-/m0/s1. The number of urea groups is 1. The van der Waals surface area contributed by atoms with Crippen molar-refractivity contribution in [2.75, 3.05) is 6.54 Å². The molecule has 27 heavy (non-hydrogen) atoms. The number of carbonyl (C=O) groups excluding carboxylic acids is 1. The van der Waals surface area contributed by atoms with Crippen molar-refractivity contribution in [2.45, 2.75) is 19.2 Å². The fraction of sp³-hybridized carbons (Fsp3) is 0.200. The number of aromatic nitrogens is 2. The van der Waals surface area contributed by atoms with E-state index in [0.717, 1.165) is 11.1 Å². The van der Waals surface area contributed by atoms with Gasteiger partial charge in [0.25, 0.3) is 0 Å². The first-order valence-electron chi connectivity index (χ1n) is 8.61. The number of aliphatic hydroxyl groups excluding tert-OH is 1. The summed E-state index contributed by atoms with van der Waals surface area (Å²) in [6, 6.07) is 14.8. The van der Waals surface area contributed by atoms with Crippen LogP contribution in [0.15, 0.2) is 67.0 Å². The molecule has 2 aromatic carbocycles. The van der Waals surface area contributed by atoms with E-state index in [1.165, 1.54) is 24.3 Å². The maximum atomic E-state index is 12.9. The molecule has 0 radical (unpaired) electrons. The molecule has 1 heterocycles. The minimum Gasteiger partial charge on any atom is -0.387 e. The fourth-order valence-corrected chi connectivity index (χ4v) is 2.68. The number of rotatable bonds is 7. The fourth-order valence-electron chi connectivity index (χ4n) is 2.68. The Morgan fingerprint density at radius 3 is 2.52 bits per heavy atom. The van der Waals surface area contributed by atoms with E-state index >= 15 is 0 Å². The molecule has 1 atom stereocenters. The summed E-state index contributed by atoms with van der Waals surface area (Å²) >= 11 is 0. The largest absolute Gasteiger partial charge is 0.387 e. The zero-order valence-electron chi connectivity index (χ0n) is 14.7. The van der Waals surface area contributed by atoms with Gasteiger partial charge in [-0.3, -0.25) is 4.68 Å². The number of halogens is 1. The van der Waals surface area contributed by atoms with E-state index in [-0.39, 0.29) is 18.4 Å². The lowest BCUT2D eigenvalue weighted by Gasteiger charge is -2.14. The molecule has 0 fully saturated rings. The van der Waals surface area contributed by atoms with E-state index in [9.17, 15) is 14.3 Å². The van der Waals surface area contributed by atoms with E-state index in [2.05, 4.69) is 15.7 Å². The maximum absolute atomic E-state index is 12.9. The summed E-state index contributed by atoms with van der Waals surface area (Å²) < 4.78 is 14.7. The number of aliphatic hydroxyl groups is 1. The molecule has 3 N–H and O–H groups in total. The van der Waals surface area contributed by atoms with Crippen molar-refractivity contribution in [3.05, 3.63) is 89.5 Å². The summed E-state index contributed by atoms with van der Waals surface area (Å²) in [5.41, 5.74) is 2.59. The molecular weight excluding hydrogens is 347 g/mol. The van der Waals surface area contributed by atoms with Crippen molar-refractivity contribution in [2.24, 2.45) is 0 Å². The molecule has 0 unspecified atom stereocenters. The Hall–Kier alpha value is -3.19. The van der Waals surface area contributed by atoms with Crippen molar-refractivity contribution in [3.8, 4) is 0 Å². The Balaban J connectivity index is 1.50. The van der Waals surface area contributed by atoms with Gasteiger partial charge >= 0.3 is 6.03 Å². The molecule has 3 rings (SSSR count). The Bertz CT molecular complexity index is 866. The maximum Gasteiger partial charge on any atom is 0.315 e. The average molecular weight is 368 g/mol. The molecule has 0 aliphatic rings. The van der Waals surface area contributed by atoms with Crippen LogP contribution < -0.4 is 10.6 Å². The van der Waals surface area contributed by atoms with Gasteiger partial charge in [0.2, 0.25) is 0 Å². The summed E-state index contributed by atoms with van der Waals surface area (Å²) in [5, 5.41) is 19.7. The van der Waals surface area contributed by atoms with Crippen LogP contribution in [0.5, 0.6) is 0 Å². The molecule has 1 aromatic heterocycles. The summed E-state index contributed by atoms with van der Waals surface area (Å²) in [4.78, 5) is 12.0. The lowest BCUT2D eigenvalue weighted by atomic mass is 10.1. The molecule has 0 saturated heterocycles. The highest BCUT2D eigenvalue weighted by Gasteiger charge is 2.10. The van der Waals surface area contributed by atoms with E-state index in [0.29, 0.717) is 18.7 Å². The highest BCUT2D eigenvalue weighted by atomic mass is 19.1. The minimum absolute atomic E-state index is 0.0341. The second-order valence-corrected chi connectivity index (χ2v) is 6.10. The van der Waals surface area contributed by atoms with E-state index in [1.54, 1.807) is 6.20 Å². The molecule has 0 spiro atoms. The first-order chi connectivity index (χ1) is 13.1. The predicted molar refractivity (Wildman–Crippen MR) is 99.4 cm³/mol. The smallest absolute Gasteiger partial charge is 0.315 e. The molecule has 0 aliphatic heterocycles. The second kappa shape index (κ2) is 8.95. The Kier molecular flexibility index (Phi) is 6.17. The number of hydrogen-bond donors (Lipinski definition) is 3. The third-order valence-electron chi connectivity index (χ3n) is 4.16.